The van der Waals surface area contributed by atoms with Gasteiger partial charge in [-0.3, -0.25) is 0 Å². The van der Waals surface area contributed by atoms with Crippen LogP contribution in [0.2, 0.25) is 5.02 Å². The number of benzene rings is 1. The van der Waals surface area contributed by atoms with Gasteiger partial charge in [-0.25, -0.2) is 0 Å². The van der Waals surface area contributed by atoms with E-state index in [0.29, 0.717) is 23.4 Å². The van der Waals surface area contributed by atoms with Crippen molar-refractivity contribution in [2.75, 3.05) is 6.54 Å². The van der Waals surface area contributed by atoms with Gasteiger partial charge in [0.25, 0.3) is 0 Å². The van der Waals surface area contributed by atoms with Gasteiger partial charge in [-0.15, -0.1) is 0 Å². The quantitative estimate of drug-likeness (QED) is 0.848. The fourth-order valence-corrected chi connectivity index (χ4v) is 2.63. The Bertz CT molecular complexity index is 369. The molecule has 2 rings (SSSR count). The highest BCUT2D eigenvalue weighted by atomic mass is 35.5. The van der Waals surface area contributed by atoms with Crippen LogP contribution in [-0.4, -0.2) is 17.8 Å². The minimum Gasteiger partial charge on any atom is -0.392 e. The zero-order chi connectivity index (χ0) is 11.7. The SMILES string of the molecule is CC1CC1C(O)C(CN)c1ccccc1Cl. The molecule has 0 spiro atoms. The Labute approximate surface area is 101 Å². The summed E-state index contributed by atoms with van der Waals surface area (Å²) < 4.78 is 0. The molecule has 3 heteroatoms. The Morgan fingerprint density at radius 2 is 2.12 bits per heavy atom. The third kappa shape index (κ3) is 2.24. The Hall–Kier alpha value is -0.570. The second kappa shape index (κ2) is 4.74. The molecule has 3 N–H and O–H groups in total. The molecule has 1 aromatic carbocycles. The molecule has 0 aliphatic heterocycles. The van der Waals surface area contributed by atoms with E-state index < -0.39 is 0 Å². The van der Waals surface area contributed by atoms with E-state index in [0.717, 1.165) is 12.0 Å². The van der Waals surface area contributed by atoms with Gasteiger partial charge in [0.2, 0.25) is 0 Å². The Kier molecular flexibility index (Phi) is 3.53. The summed E-state index contributed by atoms with van der Waals surface area (Å²) in [6.45, 7) is 2.60. The van der Waals surface area contributed by atoms with Crippen molar-refractivity contribution in [3.8, 4) is 0 Å². The van der Waals surface area contributed by atoms with E-state index in [1.54, 1.807) is 0 Å². The van der Waals surface area contributed by atoms with Gasteiger partial charge in [0.05, 0.1) is 6.10 Å². The highest BCUT2D eigenvalue weighted by molar-refractivity contribution is 6.31. The highest BCUT2D eigenvalue weighted by Gasteiger charge is 2.42. The van der Waals surface area contributed by atoms with Crippen LogP contribution in [0.4, 0.5) is 0 Å². The summed E-state index contributed by atoms with van der Waals surface area (Å²) >= 11 is 6.14. The van der Waals surface area contributed by atoms with E-state index in [-0.39, 0.29) is 12.0 Å². The molecule has 0 saturated heterocycles. The molecule has 0 amide bonds. The lowest BCUT2D eigenvalue weighted by atomic mass is 9.90. The van der Waals surface area contributed by atoms with Gasteiger partial charge in [0, 0.05) is 17.5 Å². The number of hydrogen-bond acceptors (Lipinski definition) is 2. The molecule has 4 unspecified atom stereocenters. The van der Waals surface area contributed by atoms with Crippen LogP contribution in [0.25, 0.3) is 0 Å². The standard InChI is InChI=1S/C13H18ClNO/c1-8-6-10(8)13(16)11(7-15)9-4-2-3-5-12(9)14/h2-5,8,10-11,13,16H,6-7,15H2,1H3. The molecule has 2 nitrogen and oxygen atoms in total. The minimum absolute atomic E-state index is 0.0383. The van der Waals surface area contributed by atoms with Gasteiger partial charge in [0.1, 0.15) is 0 Å². The van der Waals surface area contributed by atoms with Gasteiger partial charge >= 0.3 is 0 Å². The molecule has 0 heterocycles. The predicted octanol–water partition coefficient (Wildman–Crippen LogP) is 2.40. The Morgan fingerprint density at radius 3 is 2.62 bits per heavy atom. The summed E-state index contributed by atoms with van der Waals surface area (Å²) in [4.78, 5) is 0. The Balaban J connectivity index is 2.19. The van der Waals surface area contributed by atoms with Crippen LogP contribution in [-0.2, 0) is 0 Å². The lowest BCUT2D eigenvalue weighted by molar-refractivity contribution is 0.118. The largest absolute Gasteiger partial charge is 0.392 e. The average molecular weight is 240 g/mol. The van der Waals surface area contributed by atoms with Crippen molar-refractivity contribution in [3.05, 3.63) is 34.9 Å². The molecule has 16 heavy (non-hydrogen) atoms. The highest BCUT2D eigenvalue weighted by Crippen LogP contribution is 2.45. The molecule has 1 fully saturated rings. The maximum atomic E-state index is 10.3. The van der Waals surface area contributed by atoms with E-state index >= 15 is 0 Å². The van der Waals surface area contributed by atoms with Crippen LogP contribution in [0.3, 0.4) is 0 Å². The maximum Gasteiger partial charge on any atom is 0.0652 e. The van der Waals surface area contributed by atoms with Crippen LogP contribution in [0, 0.1) is 11.8 Å². The first-order chi connectivity index (χ1) is 7.65. The normalized spacial score (nSPS) is 27.5. The van der Waals surface area contributed by atoms with Gasteiger partial charge in [-0.05, 0) is 29.9 Å². The van der Waals surface area contributed by atoms with Gasteiger partial charge < -0.3 is 10.8 Å². The molecule has 1 aromatic rings. The topological polar surface area (TPSA) is 46.2 Å². The Morgan fingerprint density at radius 1 is 1.50 bits per heavy atom. The second-order valence-corrected chi connectivity index (χ2v) is 5.14. The summed E-state index contributed by atoms with van der Waals surface area (Å²) in [6.07, 6.45) is 0.738. The molecule has 4 atom stereocenters. The summed E-state index contributed by atoms with van der Waals surface area (Å²) in [5.74, 6) is 0.972. The molecule has 0 aromatic heterocycles. The van der Waals surface area contributed by atoms with Crippen LogP contribution in [0.5, 0.6) is 0 Å². The monoisotopic (exact) mass is 239 g/mol. The lowest BCUT2D eigenvalue weighted by Gasteiger charge is -2.23. The first-order valence-corrected chi connectivity index (χ1v) is 6.15. The summed E-state index contributed by atoms with van der Waals surface area (Å²) in [7, 11) is 0. The number of hydrogen-bond donors (Lipinski definition) is 2. The van der Waals surface area contributed by atoms with E-state index in [1.165, 1.54) is 0 Å². The molecule has 1 aliphatic rings. The van der Waals surface area contributed by atoms with Crippen molar-refractivity contribution in [1.82, 2.24) is 0 Å². The lowest BCUT2D eigenvalue weighted by Crippen LogP contribution is -2.28. The molecule has 88 valence electrons. The average Bonchev–Trinajstić information content (AvgIpc) is 2.99. The van der Waals surface area contributed by atoms with Gasteiger partial charge in [0.15, 0.2) is 0 Å². The van der Waals surface area contributed by atoms with Crippen molar-refractivity contribution >= 4 is 11.6 Å². The van der Waals surface area contributed by atoms with E-state index in [4.69, 9.17) is 17.3 Å². The van der Waals surface area contributed by atoms with E-state index in [2.05, 4.69) is 6.92 Å². The zero-order valence-corrected chi connectivity index (χ0v) is 10.2. The number of aliphatic hydroxyl groups excluding tert-OH is 1. The van der Waals surface area contributed by atoms with E-state index in [1.807, 2.05) is 24.3 Å². The van der Waals surface area contributed by atoms with Crippen LogP contribution in [0.1, 0.15) is 24.8 Å². The molecule has 1 saturated carbocycles. The maximum absolute atomic E-state index is 10.3. The van der Waals surface area contributed by atoms with Crippen LogP contribution in [0.15, 0.2) is 24.3 Å². The van der Waals surface area contributed by atoms with Crippen molar-refractivity contribution in [2.24, 2.45) is 17.6 Å². The van der Waals surface area contributed by atoms with E-state index in [9.17, 15) is 5.11 Å². The fourth-order valence-electron chi connectivity index (χ4n) is 2.35. The molecular weight excluding hydrogens is 222 g/mol. The third-order valence-corrected chi connectivity index (χ3v) is 3.93. The minimum atomic E-state index is -0.361. The van der Waals surface area contributed by atoms with Crippen molar-refractivity contribution in [3.63, 3.8) is 0 Å². The molecule has 0 bridgehead atoms. The molecule has 0 radical (unpaired) electrons. The summed E-state index contributed by atoms with van der Waals surface area (Å²) in [5, 5.41) is 11.0. The third-order valence-electron chi connectivity index (χ3n) is 3.58. The summed E-state index contributed by atoms with van der Waals surface area (Å²) in [6, 6.07) is 7.64. The van der Waals surface area contributed by atoms with Crippen molar-refractivity contribution < 1.29 is 5.11 Å². The zero-order valence-electron chi connectivity index (χ0n) is 9.44. The molecular formula is C13H18ClNO. The van der Waals surface area contributed by atoms with Crippen molar-refractivity contribution in [2.45, 2.75) is 25.4 Å². The summed E-state index contributed by atoms with van der Waals surface area (Å²) in [5.41, 5.74) is 6.74. The fraction of sp³-hybridized carbons (Fsp3) is 0.538. The van der Waals surface area contributed by atoms with Crippen LogP contribution >= 0.6 is 11.6 Å². The van der Waals surface area contributed by atoms with Crippen LogP contribution < -0.4 is 5.73 Å². The molecule has 1 aliphatic carbocycles. The number of aliphatic hydroxyl groups is 1. The number of rotatable bonds is 4. The number of nitrogens with two attached hydrogens (primary N) is 1. The predicted molar refractivity (Wildman–Crippen MR) is 66.5 cm³/mol. The van der Waals surface area contributed by atoms with Crippen molar-refractivity contribution in [1.29, 1.82) is 0 Å². The van der Waals surface area contributed by atoms with Gasteiger partial charge in [-0.1, -0.05) is 36.7 Å². The van der Waals surface area contributed by atoms with Gasteiger partial charge in [-0.2, -0.15) is 0 Å². The first kappa shape index (κ1) is 11.9. The first-order valence-electron chi connectivity index (χ1n) is 5.77. The smallest absolute Gasteiger partial charge is 0.0652 e. The second-order valence-electron chi connectivity index (χ2n) is 4.73. The number of halogens is 1.